The number of ether oxygens (including phenoxy) is 2. The maximum absolute atomic E-state index is 13.2. The highest BCUT2D eigenvalue weighted by atomic mass is 35.5. The second-order valence-corrected chi connectivity index (χ2v) is 8.65. The number of rotatable bonds is 8. The van der Waals surface area contributed by atoms with Gasteiger partial charge in [0.2, 0.25) is 0 Å². The van der Waals surface area contributed by atoms with E-state index in [0.29, 0.717) is 46.4 Å². The van der Waals surface area contributed by atoms with Crippen LogP contribution >= 0.6 is 23.4 Å². The number of ketones is 1. The Balaban J connectivity index is 1.60. The number of halogens is 1. The summed E-state index contributed by atoms with van der Waals surface area (Å²) in [5.41, 5.74) is 0.970. The van der Waals surface area contributed by atoms with Crippen molar-refractivity contribution in [1.29, 1.82) is 0 Å². The normalized spacial score (nSPS) is 16.0. The summed E-state index contributed by atoms with van der Waals surface area (Å²) in [5, 5.41) is 1.51. The second kappa shape index (κ2) is 9.85. The molecule has 1 aromatic heterocycles. The Morgan fingerprint density at radius 1 is 1.29 bits per heavy atom. The largest absolute Gasteiger partial charge is 0.494 e. The van der Waals surface area contributed by atoms with Crippen molar-refractivity contribution in [2.75, 3.05) is 19.0 Å². The molecule has 4 rings (SSSR count). The highest BCUT2D eigenvalue weighted by Crippen LogP contribution is 2.24. The van der Waals surface area contributed by atoms with E-state index in [1.54, 1.807) is 47.0 Å². The molecule has 1 saturated heterocycles. The third kappa shape index (κ3) is 5.11. The van der Waals surface area contributed by atoms with Crippen LogP contribution in [-0.2, 0) is 11.3 Å². The number of aromatic nitrogens is 2. The third-order valence-electron chi connectivity index (χ3n) is 5.11. The molecule has 0 radical (unpaired) electrons. The lowest BCUT2D eigenvalue weighted by molar-refractivity contribution is 0.0937. The van der Waals surface area contributed by atoms with Gasteiger partial charge < -0.3 is 9.47 Å². The zero-order chi connectivity index (χ0) is 21.8. The summed E-state index contributed by atoms with van der Waals surface area (Å²) in [6.07, 6.45) is 1.86. The van der Waals surface area contributed by atoms with Gasteiger partial charge in [-0.3, -0.25) is 14.2 Å². The monoisotopic (exact) mass is 458 g/mol. The molecule has 0 saturated carbocycles. The van der Waals surface area contributed by atoms with Crippen LogP contribution < -0.4 is 10.3 Å². The van der Waals surface area contributed by atoms with Gasteiger partial charge in [-0.25, -0.2) is 4.98 Å². The van der Waals surface area contributed by atoms with Crippen LogP contribution in [0.3, 0.4) is 0 Å². The Morgan fingerprint density at radius 3 is 2.81 bits per heavy atom. The van der Waals surface area contributed by atoms with Gasteiger partial charge in [0.15, 0.2) is 10.9 Å². The molecule has 6 nitrogen and oxygen atoms in total. The van der Waals surface area contributed by atoms with Crippen LogP contribution in [0.25, 0.3) is 10.9 Å². The molecular weight excluding hydrogens is 436 g/mol. The maximum atomic E-state index is 13.2. The van der Waals surface area contributed by atoms with Gasteiger partial charge in [-0.05, 0) is 62.2 Å². The van der Waals surface area contributed by atoms with Gasteiger partial charge >= 0.3 is 0 Å². The number of thioether (sulfide) groups is 1. The van der Waals surface area contributed by atoms with Gasteiger partial charge in [-0.2, -0.15) is 0 Å². The number of nitrogens with zero attached hydrogens (tertiary/aromatic N) is 2. The molecule has 1 aliphatic rings. The minimum Gasteiger partial charge on any atom is -0.494 e. The van der Waals surface area contributed by atoms with E-state index in [0.717, 1.165) is 18.6 Å². The van der Waals surface area contributed by atoms with Crippen LogP contribution in [0.4, 0.5) is 0 Å². The Hall–Kier alpha value is -2.35. The lowest BCUT2D eigenvalue weighted by Crippen LogP contribution is -2.29. The van der Waals surface area contributed by atoms with Gasteiger partial charge in [0, 0.05) is 17.2 Å². The number of hydrogen-bond acceptors (Lipinski definition) is 6. The van der Waals surface area contributed by atoms with E-state index < -0.39 is 0 Å². The molecule has 2 heterocycles. The van der Waals surface area contributed by atoms with E-state index in [1.165, 1.54) is 11.8 Å². The lowest BCUT2D eigenvalue weighted by Gasteiger charge is -2.16. The summed E-state index contributed by atoms with van der Waals surface area (Å²) in [7, 11) is 0. The van der Waals surface area contributed by atoms with Crippen molar-refractivity contribution < 1.29 is 14.3 Å². The van der Waals surface area contributed by atoms with Crippen LogP contribution in [0, 0.1) is 0 Å². The zero-order valence-corrected chi connectivity index (χ0v) is 18.7. The van der Waals surface area contributed by atoms with Crippen molar-refractivity contribution in [3.05, 3.63) is 63.4 Å². The molecule has 0 bridgehead atoms. The molecule has 8 heteroatoms. The quantitative estimate of drug-likeness (QED) is 0.279. The molecule has 2 aromatic carbocycles. The van der Waals surface area contributed by atoms with E-state index in [4.69, 9.17) is 21.1 Å². The van der Waals surface area contributed by atoms with Crippen molar-refractivity contribution >= 4 is 40.0 Å². The Morgan fingerprint density at radius 2 is 2.10 bits per heavy atom. The van der Waals surface area contributed by atoms with Crippen molar-refractivity contribution in [1.82, 2.24) is 9.55 Å². The van der Waals surface area contributed by atoms with Crippen LogP contribution in [0.2, 0.25) is 5.02 Å². The number of Topliss-reactive ketones (excluding diaryl/α,β-unsaturated/α-hetero) is 1. The number of benzene rings is 2. The summed E-state index contributed by atoms with van der Waals surface area (Å²) >= 11 is 7.36. The number of fused-ring (bicyclic) bond motifs is 1. The van der Waals surface area contributed by atoms with Crippen LogP contribution in [0.1, 0.15) is 30.1 Å². The summed E-state index contributed by atoms with van der Waals surface area (Å²) in [6, 6.07) is 12.1. The molecule has 1 atom stereocenters. The first kappa shape index (κ1) is 21.9. The minimum atomic E-state index is -0.145. The molecule has 3 aromatic rings. The summed E-state index contributed by atoms with van der Waals surface area (Å²) in [4.78, 5) is 30.6. The average Bonchev–Trinajstić information content (AvgIpc) is 3.28. The number of carbonyl (C=O) groups is 1. The van der Waals surface area contributed by atoms with Crippen LogP contribution in [0.5, 0.6) is 5.75 Å². The Bertz CT molecular complexity index is 1140. The second-order valence-electron chi connectivity index (χ2n) is 7.28. The fourth-order valence-electron chi connectivity index (χ4n) is 3.55. The first-order valence-electron chi connectivity index (χ1n) is 10.3. The number of carbonyl (C=O) groups excluding carboxylic acids is 1. The van der Waals surface area contributed by atoms with Crippen molar-refractivity contribution in [3.63, 3.8) is 0 Å². The molecule has 0 aliphatic carbocycles. The Labute approximate surface area is 189 Å². The molecule has 162 valence electrons. The standard InChI is InChI=1S/C23H23ClN2O4S/c1-2-29-17-8-5-15(6-9-17)21(27)14-31-23-25-20-12-16(24)7-10-19(20)22(28)26(23)13-18-4-3-11-30-18/h5-10,12,18H,2-4,11,13-14H2,1H3/t18-/m1/s1. The summed E-state index contributed by atoms with van der Waals surface area (Å²) in [6.45, 7) is 3.61. The minimum absolute atomic E-state index is 0.0228. The van der Waals surface area contributed by atoms with Crippen molar-refractivity contribution in [2.24, 2.45) is 0 Å². The van der Waals surface area contributed by atoms with Gasteiger partial charge in [-0.15, -0.1) is 0 Å². The lowest BCUT2D eigenvalue weighted by atomic mass is 10.1. The van der Waals surface area contributed by atoms with E-state index in [9.17, 15) is 9.59 Å². The van der Waals surface area contributed by atoms with E-state index in [1.807, 2.05) is 6.92 Å². The van der Waals surface area contributed by atoms with Crippen LogP contribution in [-0.4, -0.2) is 40.4 Å². The fraction of sp³-hybridized carbons (Fsp3) is 0.348. The van der Waals surface area contributed by atoms with Crippen molar-refractivity contribution in [2.45, 2.75) is 37.6 Å². The van der Waals surface area contributed by atoms with E-state index in [-0.39, 0.29) is 23.2 Å². The molecule has 0 unspecified atom stereocenters. The van der Waals surface area contributed by atoms with E-state index in [2.05, 4.69) is 4.98 Å². The molecule has 1 fully saturated rings. The molecule has 31 heavy (non-hydrogen) atoms. The fourth-order valence-corrected chi connectivity index (χ4v) is 4.62. The first-order chi connectivity index (χ1) is 15.0. The predicted molar refractivity (Wildman–Crippen MR) is 123 cm³/mol. The summed E-state index contributed by atoms with van der Waals surface area (Å²) < 4.78 is 12.8. The Kier molecular flexibility index (Phi) is 6.95. The van der Waals surface area contributed by atoms with E-state index >= 15 is 0 Å². The molecule has 0 spiro atoms. The van der Waals surface area contributed by atoms with Crippen LogP contribution in [0.15, 0.2) is 52.4 Å². The SMILES string of the molecule is CCOc1ccc(C(=O)CSc2nc3cc(Cl)ccc3c(=O)n2C[C@H]2CCCO2)cc1. The molecule has 1 aliphatic heterocycles. The number of hydrogen-bond donors (Lipinski definition) is 0. The third-order valence-corrected chi connectivity index (χ3v) is 6.32. The smallest absolute Gasteiger partial charge is 0.262 e. The molecular formula is C23H23ClN2O4S. The van der Waals surface area contributed by atoms with Gasteiger partial charge in [0.25, 0.3) is 5.56 Å². The topological polar surface area (TPSA) is 70.4 Å². The van der Waals surface area contributed by atoms with Gasteiger partial charge in [0.05, 0.1) is 35.9 Å². The van der Waals surface area contributed by atoms with Gasteiger partial charge in [-0.1, -0.05) is 23.4 Å². The maximum Gasteiger partial charge on any atom is 0.262 e. The molecule has 0 amide bonds. The van der Waals surface area contributed by atoms with Crippen molar-refractivity contribution in [3.8, 4) is 5.75 Å². The molecule has 0 N–H and O–H groups in total. The predicted octanol–water partition coefficient (Wildman–Crippen LogP) is 4.60. The zero-order valence-electron chi connectivity index (χ0n) is 17.2. The highest BCUT2D eigenvalue weighted by molar-refractivity contribution is 7.99. The van der Waals surface area contributed by atoms with Gasteiger partial charge in [0.1, 0.15) is 5.75 Å². The first-order valence-corrected chi connectivity index (χ1v) is 11.6. The average molecular weight is 459 g/mol. The summed E-state index contributed by atoms with van der Waals surface area (Å²) in [5.74, 6) is 0.847. The highest BCUT2D eigenvalue weighted by Gasteiger charge is 2.21.